The van der Waals surface area contributed by atoms with Gasteiger partial charge in [-0.05, 0) is 72.1 Å². The molecule has 0 atom stereocenters. The van der Waals surface area contributed by atoms with Crippen molar-refractivity contribution in [2.45, 2.75) is 19.4 Å². The molecule has 0 aliphatic rings. The number of fused-ring (bicyclic) bond motifs is 2. The molecule has 4 aromatic carbocycles. The van der Waals surface area contributed by atoms with E-state index in [4.69, 9.17) is 14.5 Å². The summed E-state index contributed by atoms with van der Waals surface area (Å²) in [4.78, 5) is 4.90. The molecule has 0 bridgehead atoms. The molecule has 5 aromatic rings. The van der Waals surface area contributed by atoms with E-state index in [1.807, 2.05) is 24.3 Å². The van der Waals surface area contributed by atoms with Crippen LogP contribution in [0.1, 0.15) is 12.8 Å². The fourth-order valence-corrected chi connectivity index (χ4v) is 4.08. The molecule has 0 saturated heterocycles. The number of aromatic nitrogens is 2. The summed E-state index contributed by atoms with van der Waals surface area (Å²) in [6.07, 6.45) is 1.98. The average molecular weight is 423 g/mol. The van der Waals surface area contributed by atoms with Gasteiger partial charge in [0.2, 0.25) is 0 Å². The molecule has 5 rings (SSSR count). The van der Waals surface area contributed by atoms with Gasteiger partial charge in [0.15, 0.2) is 0 Å². The zero-order valence-electron chi connectivity index (χ0n) is 18.2. The van der Waals surface area contributed by atoms with Gasteiger partial charge in [0.25, 0.3) is 0 Å². The Balaban J connectivity index is 1.27. The molecule has 0 unspecified atom stereocenters. The highest BCUT2D eigenvalue weighted by Crippen LogP contribution is 2.27. The number of ether oxygens (including phenoxy) is 2. The Bertz CT molecular complexity index is 1340. The van der Waals surface area contributed by atoms with Crippen molar-refractivity contribution in [1.29, 1.82) is 0 Å². The third-order valence-corrected chi connectivity index (χ3v) is 5.77. The number of unbranched alkanes of at least 4 members (excludes halogenated alkanes) is 1. The maximum absolute atomic E-state index is 6.02. The molecule has 0 aliphatic heterocycles. The number of aryl methyl sites for hydroxylation is 1. The predicted octanol–water partition coefficient (Wildman–Crippen LogP) is 6.72. The summed E-state index contributed by atoms with van der Waals surface area (Å²) in [6, 6.07) is 31.1. The number of benzene rings is 4. The normalized spacial score (nSPS) is 11.2. The number of rotatable bonds is 8. The van der Waals surface area contributed by atoms with E-state index in [1.54, 1.807) is 7.11 Å². The van der Waals surface area contributed by atoms with Crippen molar-refractivity contribution >= 4 is 21.8 Å². The monoisotopic (exact) mass is 422 g/mol. The summed E-state index contributed by atoms with van der Waals surface area (Å²) in [7, 11) is 1.68. The van der Waals surface area contributed by atoms with E-state index < -0.39 is 0 Å². The van der Waals surface area contributed by atoms with E-state index in [2.05, 4.69) is 71.3 Å². The lowest BCUT2D eigenvalue weighted by Crippen LogP contribution is -2.04. The molecule has 0 fully saturated rings. The van der Waals surface area contributed by atoms with Crippen LogP contribution in [0.25, 0.3) is 33.2 Å². The molecule has 0 saturated carbocycles. The standard InChI is InChI=1S/C28H26N2O2/c1-31-24-15-13-22(14-16-24)28-29-26-10-4-5-11-27(26)30(28)18-6-7-19-32-25-17-12-21-8-2-3-9-23(21)20-25/h2-5,8-17,20H,6-7,18-19H2,1H3. The van der Waals surface area contributed by atoms with Gasteiger partial charge in [-0.15, -0.1) is 0 Å². The number of hydrogen-bond donors (Lipinski definition) is 0. The molecule has 160 valence electrons. The van der Waals surface area contributed by atoms with Crippen LogP contribution in [0.15, 0.2) is 91.0 Å². The van der Waals surface area contributed by atoms with E-state index in [9.17, 15) is 0 Å². The second kappa shape index (κ2) is 9.15. The highest BCUT2D eigenvalue weighted by Gasteiger charge is 2.12. The summed E-state index contributed by atoms with van der Waals surface area (Å²) in [6.45, 7) is 1.59. The van der Waals surface area contributed by atoms with Crippen LogP contribution in [0, 0.1) is 0 Å². The quantitative estimate of drug-likeness (QED) is 0.260. The molecule has 0 aliphatic carbocycles. The van der Waals surface area contributed by atoms with Crippen molar-refractivity contribution in [3.63, 3.8) is 0 Å². The number of nitrogens with zero attached hydrogens (tertiary/aromatic N) is 2. The Morgan fingerprint density at radius 3 is 2.34 bits per heavy atom. The fourth-order valence-electron chi connectivity index (χ4n) is 4.08. The number of para-hydroxylation sites is 2. The second-order valence-electron chi connectivity index (χ2n) is 7.87. The van der Waals surface area contributed by atoms with Crippen LogP contribution in [-0.2, 0) is 6.54 Å². The molecule has 4 nitrogen and oxygen atoms in total. The van der Waals surface area contributed by atoms with Gasteiger partial charge in [-0.25, -0.2) is 4.98 Å². The van der Waals surface area contributed by atoms with Crippen LogP contribution in [-0.4, -0.2) is 23.3 Å². The van der Waals surface area contributed by atoms with E-state index in [0.29, 0.717) is 6.61 Å². The topological polar surface area (TPSA) is 36.3 Å². The van der Waals surface area contributed by atoms with Crippen molar-refractivity contribution in [2.24, 2.45) is 0 Å². The zero-order chi connectivity index (χ0) is 21.8. The third kappa shape index (κ3) is 4.17. The minimum atomic E-state index is 0.697. The van der Waals surface area contributed by atoms with Gasteiger partial charge >= 0.3 is 0 Å². The van der Waals surface area contributed by atoms with E-state index >= 15 is 0 Å². The molecule has 0 amide bonds. The largest absolute Gasteiger partial charge is 0.497 e. The van der Waals surface area contributed by atoms with Gasteiger partial charge in [0.05, 0.1) is 24.8 Å². The van der Waals surface area contributed by atoms with Gasteiger partial charge in [0, 0.05) is 12.1 Å². The first-order chi connectivity index (χ1) is 15.8. The van der Waals surface area contributed by atoms with Crippen molar-refractivity contribution < 1.29 is 9.47 Å². The van der Waals surface area contributed by atoms with E-state index in [0.717, 1.165) is 53.3 Å². The van der Waals surface area contributed by atoms with Crippen molar-refractivity contribution in [3.05, 3.63) is 91.0 Å². The zero-order valence-corrected chi connectivity index (χ0v) is 18.2. The van der Waals surface area contributed by atoms with Gasteiger partial charge < -0.3 is 14.0 Å². The lowest BCUT2D eigenvalue weighted by atomic mass is 10.1. The van der Waals surface area contributed by atoms with Crippen LogP contribution in [0.3, 0.4) is 0 Å². The Labute approximate surface area is 188 Å². The molecule has 0 N–H and O–H groups in total. The minimum absolute atomic E-state index is 0.697. The Morgan fingerprint density at radius 2 is 1.50 bits per heavy atom. The summed E-state index contributed by atoms with van der Waals surface area (Å²) in [5.41, 5.74) is 3.27. The number of hydrogen-bond acceptors (Lipinski definition) is 3. The van der Waals surface area contributed by atoms with E-state index in [1.165, 1.54) is 10.8 Å². The lowest BCUT2D eigenvalue weighted by Gasteiger charge is -2.11. The first-order valence-corrected chi connectivity index (χ1v) is 11.0. The maximum atomic E-state index is 6.02. The summed E-state index contributed by atoms with van der Waals surface area (Å²) >= 11 is 0. The number of methoxy groups -OCH3 is 1. The Hall–Kier alpha value is -3.79. The lowest BCUT2D eigenvalue weighted by molar-refractivity contribution is 0.304. The predicted molar refractivity (Wildman–Crippen MR) is 130 cm³/mol. The summed E-state index contributed by atoms with van der Waals surface area (Å²) in [5.74, 6) is 2.77. The average Bonchev–Trinajstić information content (AvgIpc) is 3.22. The van der Waals surface area contributed by atoms with Gasteiger partial charge in [-0.1, -0.05) is 42.5 Å². The van der Waals surface area contributed by atoms with Crippen LogP contribution in [0.5, 0.6) is 11.5 Å². The molecule has 0 radical (unpaired) electrons. The third-order valence-electron chi connectivity index (χ3n) is 5.77. The van der Waals surface area contributed by atoms with Gasteiger partial charge in [-0.2, -0.15) is 0 Å². The van der Waals surface area contributed by atoms with Crippen LogP contribution in [0.2, 0.25) is 0 Å². The Morgan fingerprint density at radius 1 is 0.750 bits per heavy atom. The number of imidazole rings is 1. The van der Waals surface area contributed by atoms with Gasteiger partial charge in [0.1, 0.15) is 17.3 Å². The fraction of sp³-hybridized carbons (Fsp3) is 0.179. The van der Waals surface area contributed by atoms with Crippen LogP contribution in [0.4, 0.5) is 0 Å². The highest BCUT2D eigenvalue weighted by molar-refractivity contribution is 5.83. The first-order valence-electron chi connectivity index (χ1n) is 11.0. The van der Waals surface area contributed by atoms with Crippen molar-refractivity contribution in [1.82, 2.24) is 9.55 Å². The van der Waals surface area contributed by atoms with Crippen LogP contribution >= 0.6 is 0 Å². The molecule has 32 heavy (non-hydrogen) atoms. The molecule has 1 aromatic heterocycles. The smallest absolute Gasteiger partial charge is 0.141 e. The second-order valence-corrected chi connectivity index (χ2v) is 7.87. The summed E-state index contributed by atoms with van der Waals surface area (Å²) in [5, 5.41) is 2.44. The molecule has 0 spiro atoms. The van der Waals surface area contributed by atoms with Gasteiger partial charge in [-0.3, -0.25) is 0 Å². The van der Waals surface area contributed by atoms with Crippen molar-refractivity contribution in [3.8, 4) is 22.9 Å². The SMILES string of the molecule is COc1ccc(-c2nc3ccccc3n2CCCCOc2ccc3ccccc3c2)cc1. The van der Waals surface area contributed by atoms with Crippen molar-refractivity contribution in [2.75, 3.05) is 13.7 Å². The molecule has 4 heteroatoms. The van der Waals surface area contributed by atoms with E-state index in [-0.39, 0.29) is 0 Å². The molecule has 1 heterocycles. The minimum Gasteiger partial charge on any atom is -0.497 e. The maximum Gasteiger partial charge on any atom is 0.141 e. The molecular weight excluding hydrogens is 396 g/mol. The Kier molecular flexibility index (Phi) is 5.75. The first kappa shape index (κ1) is 20.1. The van der Waals surface area contributed by atoms with Crippen LogP contribution < -0.4 is 9.47 Å². The summed E-state index contributed by atoms with van der Waals surface area (Å²) < 4.78 is 13.6. The highest BCUT2D eigenvalue weighted by atomic mass is 16.5. The molecular formula is C28H26N2O2.